The van der Waals surface area contributed by atoms with E-state index in [2.05, 4.69) is 10.4 Å². The zero-order valence-electron chi connectivity index (χ0n) is 15.9. The van der Waals surface area contributed by atoms with Crippen LogP contribution in [0.25, 0.3) is 16.9 Å². The minimum Gasteiger partial charge on any atom is -0.497 e. The maximum Gasteiger partial charge on any atom is 0.435 e. The Morgan fingerprint density at radius 1 is 1.10 bits per heavy atom. The highest BCUT2D eigenvalue weighted by Crippen LogP contribution is 2.34. The van der Waals surface area contributed by atoms with E-state index in [1.807, 2.05) is 0 Å². The number of methoxy groups -OCH3 is 1. The van der Waals surface area contributed by atoms with Crippen LogP contribution in [0.5, 0.6) is 11.5 Å². The largest absolute Gasteiger partial charge is 0.497 e. The molecular weight excluding hydrogens is 401 g/mol. The molecule has 3 aromatic rings. The molecule has 0 aliphatic heterocycles. The van der Waals surface area contributed by atoms with Crippen LogP contribution < -0.4 is 20.5 Å². The molecule has 1 aromatic heterocycles. The van der Waals surface area contributed by atoms with Crippen molar-refractivity contribution in [2.24, 2.45) is 5.73 Å². The normalized spacial score (nSPS) is 11.2. The summed E-state index contributed by atoms with van der Waals surface area (Å²) in [6, 6.07) is 13.4. The number of carbonyl (C=O) groups is 1. The van der Waals surface area contributed by atoms with E-state index < -0.39 is 17.9 Å². The van der Waals surface area contributed by atoms with Gasteiger partial charge in [-0.15, -0.1) is 0 Å². The molecule has 0 radical (unpaired) electrons. The predicted molar refractivity (Wildman–Crippen MR) is 104 cm³/mol. The van der Waals surface area contributed by atoms with Crippen LogP contribution in [-0.2, 0) is 6.18 Å². The Morgan fingerprint density at radius 2 is 1.73 bits per heavy atom. The van der Waals surface area contributed by atoms with Gasteiger partial charge in [0.05, 0.1) is 25.0 Å². The fourth-order valence-corrected chi connectivity index (χ4v) is 2.71. The van der Waals surface area contributed by atoms with Crippen molar-refractivity contribution in [1.82, 2.24) is 15.1 Å². The molecule has 0 spiro atoms. The number of nitrogens with zero attached hydrogens (tertiary/aromatic N) is 2. The quantitative estimate of drug-likeness (QED) is 0.572. The molecule has 0 saturated carbocycles. The fraction of sp³-hybridized carbons (Fsp3) is 0.200. The zero-order chi connectivity index (χ0) is 21.7. The summed E-state index contributed by atoms with van der Waals surface area (Å²) in [5.74, 6) is 1.08. The molecule has 158 valence electrons. The highest BCUT2D eigenvalue weighted by atomic mass is 19.4. The van der Waals surface area contributed by atoms with E-state index in [0.717, 1.165) is 6.07 Å². The van der Waals surface area contributed by atoms with Crippen molar-refractivity contribution in [2.45, 2.75) is 6.18 Å². The number of hydrogen-bond acceptors (Lipinski definition) is 4. The van der Waals surface area contributed by atoms with E-state index in [1.165, 1.54) is 11.8 Å². The van der Waals surface area contributed by atoms with E-state index in [9.17, 15) is 18.0 Å². The average molecular weight is 420 g/mol. The van der Waals surface area contributed by atoms with Crippen molar-refractivity contribution in [1.29, 1.82) is 0 Å². The van der Waals surface area contributed by atoms with Crippen LogP contribution in [-0.4, -0.2) is 36.1 Å². The molecule has 10 heteroatoms. The van der Waals surface area contributed by atoms with E-state index in [0.29, 0.717) is 22.7 Å². The molecule has 3 rings (SSSR count). The number of hydrogen-bond donors (Lipinski definition) is 2. The molecule has 30 heavy (non-hydrogen) atoms. The number of aromatic nitrogens is 2. The number of rotatable bonds is 7. The number of amides is 2. The first-order valence-corrected chi connectivity index (χ1v) is 8.86. The second-order valence-electron chi connectivity index (χ2n) is 6.19. The van der Waals surface area contributed by atoms with Crippen molar-refractivity contribution in [3.8, 4) is 28.4 Å². The first kappa shape index (κ1) is 21.0. The van der Waals surface area contributed by atoms with Crippen molar-refractivity contribution >= 4 is 6.03 Å². The second-order valence-corrected chi connectivity index (χ2v) is 6.19. The maximum atomic E-state index is 13.3. The standard InChI is InChI=1S/C20H19F3N4O3/c1-29-15-8-4-14(5-9-15)27-17(12-18(26-27)20(21,22)23)13-2-6-16(7-3-13)30-11-10-25-19(24)28/h2-9,12H,10-11H2,1H3,(H3,24,25,28). The molecule has 3 N–H and O–H groups in total. The third kappa shape index (κ3) is 5.02. The van der Waals surface area contributed by atoms with Gasteiger partial charge in [-0.05, 0) is 54.6 Å². The van der Waals surface area contributed by atoms with Crippen molar-refractivity contribution in [3.05, 3.63) is 60.3 Å². The van der Waals surface area contributed by atoms with E-state index in [-0.39, 0.29) is 18.8 Å². The van der Waals surface area contributed by atoms with Gasteiger partial charge in [0.2, 0.25) is 0 Å². The molecule has 0 saturated heterocycles. The highest BCUT2D eigenvalue weighted by Gasteiger charge is 2.35. The smallest absolute Gasteiger partial charge is 0.435 e. The number of primary amides is 1. The number of urea groups is 1. The second kappa shape index (κ2) is 8.76. The lowest BCUT2D eigenvalue weighted by Crippen LogP contribution is -2.32. The van der Waals surface area contributed by atoms with Crippen LogP contribution in [0.15, 0.2) is 54.6 Å². The molecule has 1 heterocycles. The summed E-state index contributed by atoms with van der Waals surface area (Å²) in [7, 11) is 1.50. The van der Waals surface area contributed by atoms with Crippen molar-refractivity contribution < 1.29 is 27.4 Å². The monoisotopic (exact) mass is 420 g/mol. The zero-order valence-corrected chi connectivity index (χ0v) is 15.9. The summed E-state index contributed by atoms with van der Waals surface area (Å²) < 4.78 is 51.6. The molecule has 0 bridgehead atoms. The Kier molecular flexibility index (Phi) is 6.14. The fourth-order valence-electron chi connectivity index (χ4n) is 2.71. The van der Waals surface area contributed by atoms with E-state index >= 15 is 0 Å². The van der Waals surface area contributed by atoms with Crippen molar-refractivity contribution in [3.63, 3.8) is 0 Å². The minimum atomic E-state index is -4.58. The molecule has 0 atom stereocenters. The molecule has 0 fully saturated rings. The number of carbonyl (C=O) groups excluding carboxylic acids is 1. The van der Waals surface area contributed by atoms with Gasteiger partial charge in [0.1, 0.15) is 18.1 Å². The van der Waals surface area contributed by atoms with Gasteiger partial charge in [-0.1, -0.05) is 0 Å². The summed E-state index contributed by atoms with van der Waals surface area (Å²) in [6.45, 7) is 0.431. The van der Waals surface area contributed by atoms with Gasteiger partial charge >= 0.3 is 12.2 Å². The third-order valence-corrected chi connectivity index (χ3v) is 4.14. The van der Waals surface area contributed by atoms with E-state index in [4.69, 9.17) is 15.2 Å². The predicted octanol–water partition coefficient (Wildman–Crippen LogP) is 3.61. The average Bonchev–Trinajstić information content (AvgIpc) is 3.17. The van der Waals surface area contributed by atoms with Crippen LogP contribution in [0.3, 0.4) is 0 Å². The molecule has 2 aromatic carbocycles. The number of nitrogens with one attached hydrogen (secondary N) is 1. The summed E-state index contributed by atoms with van der Waals surface area (Å²) in [5, 5.41) is 6.14. The van der Waals surface area contributed by atoms with Gasteiger partial charge in [0.15, 0.2) is 5.69 Å². The SMILES string of the molecule is COc1ccc(-n2nc(C(F)(F)F)cc2-c2ccc(OCCNC(N)=O)cc2)cc1. The Labute approximate surface area is 170 Å². The van der Waals surface area contributed by atoms with Gasteiger partial charge in [0.25, 0.3) is 0 Å². The summed E-state index contributed by atoms with van der Waals surface area (Å²) in [6.07, 6.45) is -4.58. The molecule has 0 aliphatic carbocycles. The maximum absolute atomic E-state index is 13.3. The van der Waals surface area contributed by atoms with Crippen molar-refractivity contribution in [2.75, 3.05) is 20.3 Å². The first-order chi connectivity index (χ1) is 14.3. The summed E-state index contributed by atoms with van der Waals surface area (Å²) >= 11 is 0. The molecular formula is C20H19F3N4O3. The minimum absolute atomic E-state index is 0.199. The number of benzene rings is 2. The van der Waals surface area contributed by atoms with Crippen LogP contribution in [0, 0.1) is 0 Å². The van der Waals surface area contributed by atoms with Crippen LogP contribution in [0.4, 0.5) is 18.0 Å². The van der Waals surface area contributed by atoms with E-state index in [1.54, 1.807) is 48.5 Å². The van der Waals surface area contributed by atoms with Crippen LogP contribution in [0.1, 0.15) is 5.69 Å². The Balaban J connectivity index is 1.88. The third-order valence-electron chi connectivity index (χ3n) is 4.14. The molecule has 0 unspecified atom stereocenters. The Hall–Kier alpha value is -3.69. The Bertz CT molecular complexity index is 1000. The molecule has 0 aliphatic rings. The highest BCUT2D eigenvalue weighted by molar-refractivity contribution is 5.71. The van der Waals surface area contributed by atoms with Crippen LogP contribution in [0.2, 0.25) is 0 Å². The van der Waals surface area contributed by atoms with Gasteiger partial charge in [0, 0.05) is 5.56 Å². The number of halogens is 3. The van der Waals surface area contributed by atoms with Gasteiger partial charge in [-0.3, -0.25) is 0 Å². The number of alkyl halides is 3. The van der Waals surface area contributed by atoms with Gasteiger partial charge < -0.3 is 20.5 Å². The summed E-state index contributed by atoms with van der Waals surface area (Å²) in [5.41, 5.74) is 5.23. The van der Waals surface area contributed by atoms with Gasteiger partial charge in [-0.2, -0.15) is 18.3 Å². The molecule has 2 amide bonds. The lowest BCUT2D eigenvalue weighted by atomic mass is 10.1. The lowest BCUT2D eigenvalue weighted by molar-refractivity contribution is -0.141. The summed E-state index contributed by atoms with van der Waals surface area (Å²) in [4.78, 5) is 10.6. The Morgan fingerprint density at radius 3 is 2.30 bits per heavy atom. The number of nitrogens with two attached hydrogens (primary N) is 1. The van der Waals surface area contributed by atoms with Crippen LogP contribution >= 0.6 is 0 Å². The lowest BCUT2D eigenvalue weighted by Gasteiger charge is -2.10. The first-order valence-electron chi connectivity index (χ1n) is 8.86. The topological polar surface area (TPSA) is 91.4 Å². The number of ether oxygens (including phenoxy) is 2. The van der Waals surface area contributed by atoms with Gasteiger partial charge in [-0.25, -0.2) is 9.48 Å². The molecule has 7 nitrogen and oxygen atoms in total.